The van der Waals surface area contributed by atoms with E-state index in [2.05, 4.69) is 12.6 Å². The molecule has 1 rings (SSSR count). The number of nitrogens with two attached hydrogens (primary N) is 1. The number of ether oxygens (including phenoxy) is 2. The van der Waals surface area contributed by atoms with Gasteiger partial charge in [-0.1, -0.05) is 0 Å². The molecule has 8 heteroatoms. The molecule has 0 unspecified atom stereocenters. The van der Waals surface area contributed by atoms with Crippen molar-refractivity contribution < 1.29 is 19.5 Å². The fraction of sp³-hybridized carbons (Fsp3) is 0.444. The monoisotopic (exact) mass is 278 g/mol. The first kappa shape index (κ1) is 14.1. The maximum absolute atomic E-state index is 10.5. The molecular weight excluding hydrogens is 264 g/mol. The Labute approximate surface area is 108 Å². The molecular formula is C9H14N2O4S2. The molecule has 0 spiro atoms. The molecule has 0 saturated carbocycles. The topological polar surface area (TPSA) is 85.0 Å². The van der Waals surface area contributed by atoms with E-state index in [4.69, 9.17) is 20.4 Å². The van der Waals surface area contributed by atoms with Gasteiger partial charge in [-0.3, -0.25) is 5.21 Å². The van der Waals surface area contributed by atoms with Crippen molar-refractivity contribution in [3.8, 4) is 5.06 Å². The zero-order valence-electron chi connectivity index (χ0n) is 9.04. The Balaban J connectivity index is 2.19. The Hall–Kier alpha value is -0.960. The van der Waals surface area contributed by atoms with Crippen LogP contribution in [0.2, 0.25) is 0 Å². The number of thiophene rings is 1. The predicted molar refractivity (Wildman–Crippen MR) is 66.5 cm³/mol. The molecule has 3 N–H and O–H groups in total. The molecule has 0 aliphatic carbocycles. The molecule has 96 valence electrons. The number of nitrogens with zero attached hydrogens (tertiary/aromatic N) is 1. The number of primary amides is 1. The molecule has 0 aromatic carbocycles. The Bertz CT molecular complexity index is 359. The van der Waals surface area contributed by atoms with Gasteiger partial charge < -0.3 is 15.2 Å². The SMILES string of the molecule is NC(=O)N(O)CCOCc1ccc(OCS)s1. The molecule has 1 aromatic rings. The van der Waals surface area contributed by atoms with Crippen LogP contribution in [0.3, 0.4) is 0 Å². The number of carbonyl (C=O) groups excluding carboxylic acids is 1. The lowest BCUT2D eigenvalue weighted by molar-refractivity contribution is -0.0578. The zero-order chi connectivity index (χ0) is 12.7. The third kappa shape index (κ3) is 5.26. The van der Waals surface area contributed by atoms with Gasteiger partial charge in [0.05, 0.1) is 19.8 Å². The summed E-state index contributed by atoms with van der Waals surface area (Å²) in [5.74, 6) is 0.332. The number of amides is 2. The van der Waals surface area contributed by atoms with Crippen LogP contribution in [-0.4, -0.2) is 35.4 Å². The fourth-order valence-corrected chi connectivity index (χ4v) is 2.03. The van der Waals surface area contributed by atoms with E-state index in [-0.39, 0.29) is 13.2 Å². The van der Waals surface area contributed by atoms with Crippen molar-refractivity contribution in [1.82, 2.24) is 5.06 Å². The van der Waals surface area contributed by atoms with E-state index in [0.29, 0.717) is 17.6 Å². The minimum Gasteiger partial charge on any atom is -0.474 e. The second-order valence-electron chi connectivity index (χ2n) is 3.01. The number of carbonyl (C=O) groups is 1. The Morgan fingerprint density at radius 3 is 3.00 bits per heavy atom. The van der Waals surface area contributed by atoms with Gasteiger partial charge in [-0.25, -0.2) is 9.86 Å². The average molecular weight is 278 g/mol. The lowest BCUT2D eigenvalue weighted by Gasteiger charge is -2.11. The summed E-state index contributed by atoms with van der Waals surface area (Å²) in [5, 5.41) is 10.1. The van der Waals surface area contributed by atoms with Gasteiger partial charge in [0.25, 0.3) is 0 Å². The summed E-state index contributed by atoms with van der Waals surface area (Å²) in [6, 6.07) is 2.82. The predicted octanol–water partition coefficient (Wildman–Crippen LogP) is 1.30. The van der Waals surface area contributed by atoms with E-state index in [1.807, 2.05) is 12.1 Å². The first-order valence-corrected chi connectivity index (χ1v) is 6.24. The van der Waals surface area contributed by atoms with Crippen molar-refractivity contribution >= 4 is 30.0 Å². The van der Waals surface area contributed by atoms with Crippen molar-refractivity contribution in [3.63, 3.8) is 0 Å². The van der Waals surface area contributed by atoms with E-state index >= 15 is 0 Å². The third-order valence-corrected chi connectivity index (χ3v) is 2.89. The molecule has 1 aromatic heterocycles. The minimum atomic E-state index is -0.894. The number of hydrogen-bond donors (Lipinski definition) is 3. The smallest absolute Gasteiger partial charge is 0.338 e. The minimum absolute atomic E-state index is 0.0424. The van der Waals surface area contributed by atoms with Gasteiger partial charge in [-0.2, -0.15) is 0 Å². The Morgan fingerprint density at radius 2 is 2.35 bits per heavy atom. The van der Waals surface area contributed by atoms with Crippen molar-refractivity contribution in [3.05, 3.63) is 17.0 Å². The van der Waals surface area contributed by atoms with E-state index in [9.17, 15) is 4.79 Å². The summed E-state index contributed by atoms with van der Waals surface area (Å²) < 4.78 is 10.4. The Kier molecular flexibility index (Phi) is 6.12. The summed E-state index contributed by atoms with van der Waals surface area (Å²) in [4.78, 5) is 11.5. The molecule has 0 radical (unpaired) electrons. The summed E-state index contributed by atoms with van der Waals surface area (Å²) in [7, 11) is 0. The maximum atomic E-state index is 10.5. The highest BCUT2D eigenvalue weighted by Crippen LogP contribution is 2.24. The molecule has 17 heavy (non-hydrogen) atoms. The molecule has 1 heterocycles. The van der Waals surface area contributed by atoms with Crippen LogP contribution in [0.1, 0.15) is 4.88 Å². The van der Waals surface area contributed by atoms with Gasteiger partial charge in [0.15, 0.2) is 5.06 Å². The highest BCUT2D eigenvalue weighted by molar-refractivity contribution is 7.80. The van der Waals surface area contributed by atoms with Gasteiger partial charge in [0, 0.05) is 4.88 Å². The van der Waals surface area contributed by atoms with E-state index in [1.54, 1.807) is 0 Å². The number of hydroxylamine groups is 2. The van der Waals surface area contributed by atoms with Crippen LogP contribution < -0.4 is 10.5 Å². The summed E-state index contributed by atoms with van der Waals surface area (Å²) in [6.07, 6.45) is 0. The van der Waals surface area contributed by atoms with Crippen LogP contribution >= 0.6 is 24.0 Å². The third-order valence-electron chi connectivity index (χ3n) is 1.79. The van der Waals surface area contributed by atoms with Crippen LogP contribution in [0.4, 0.5) is 4.79 Å². The lowest BCUT2D eigenvalue weighted by Crippen LogP contribution is -2.35. The lowest BCUT2D eigenvalue weighted by atomic mass is 10.5. The second kappa shape index (κ2) is 7.38. The number of thiol groups is 1. The van der Waals surface area contributed by atoms with Crippen LogP contribution in [0, 0.1) is 0 Å². The van der Waals surface area contributed by atoms with Crippen LogP contribution in [0.25, 0.3) is 0 Å². The van der Waals surface area contributed by atoms with E-state index < -0.39 is 6.03 Å². The highest BCUT2D eigenvalue weighted by atomic mass is 32.1. The maximum Gasteiger partial charge on any atom is 0.338 e. The fourth-order valence-electron chi connectivity index (χ4n) is 1.01. The molecule has 0 aliphatic heterocycles. The molecule has 6 nitrogen and oxygen atoms in total. The number of rotatable bonds is 7. The zero-order valence-corrected chi connectivity index (χ0v) is 10.7. The molecule has 2 amide bonds. The molecule has 0 fully saturated rings. The van der Waals surface area contributed by atoms with Gasteiger partial charge in [-0.15, -0.1) is 24.0 Å². The average Bonchev–Trinajstić information content (AvgIpc) is 2.72. The largest absolute Gasteiger partial charge is 0.474 e. The highest BCUT2D eigenvalue weighted by Gasteiger charge is 2.05. The molecule has 0 atom stereocenters. The van der Waals surface area contributed by atoms with Gasteiger partial charge >= 0.3 is 6.03 Å². The number of hydrogen-bond acceptors (Lipinski definition) is 6. The van der Waals surface area contributed by atoms with Crippen molar-refractivity contribution in [2.75, 3.05) is 19.1 Å². The number of urea groups is 1. The molecule has 0 bridgehead atoms. The summed E-state index contributed by atoms with van der Waals surface area (Å²) in [5.41, 5.74) is 4.83. The molecule has 0 aliphatic rings. The van der Waals surface area contributed by atoms with Crippen molar-refractivity contribution in [1.29, 1.82) is 0 Å². The van der Waals surface area contributed by atoms with E-state index in [0.717, 1.165) is 9.94 Å². The Morgan fingerprint density at radius 1 is 1.59 bits per heavy atom. The standard InChI is InChI=1S/C9H14N2O4S2/c10-9(12)11(13)3-4-14-5-7-1-2-8(17-7)15-6-16/h1-2,13,16H,3-6H2,(H2,10,12). The van der Waals surface area contributed by atoms with Gasteiger partial charge in [0.2, 0.25) is 0 Å². The molecule has 0 saturated heterocycles. The van der Waals surface area contributed by atoms with Crippen molar-refractivity contribution in [2.24, 2.45) is 5.73 Å². The van der Waals surface area contributed by atoms with Crippen LogP contribution in [-0.2, 0) is 11.3 Å². The summed E-state index contributed by atoms with van der Waals surface area (Å²) in [6.45, 7) is 0.647. The van der Waals surface area contributed by atoms with Crippen LogP contribution in [0.15, 0.2) is 12.1 Å². The van der Waals surface area contributed by atoms with Gasteiger partial charge in [0.1, 0.15) is 5.94 Å². The van der Waals surface area contributed by atoms with Gasteiger partial charge in [-0.05, 0) is 12.1 Å². The first-order chi connectivity index (χ1) is 8.13. The van der Waals surface area contributed by atoms with Crippen LogP contribution in [0.5, 0.6) is 5.06 Å². The van der Waals surface area contributed by atoms with Crippen molar-refractivity contribution in [2.45, 2.75) is 6.61 Å². The first-order valence-electron chi connectivity index (χ1n) is 4.79. The van der Waals surface area contributed by atoms with E-state index in [1.165, 1.54) is 11.3 Å². The summed E-state index contributed by atoms with van der Waals surface area (Å²) >= 11 is 5.40. The quantitative estimate of drug-likeness (QED) is 0.231. The normalized spacial score (nSPS) is 10.2. The second-order valence-corrected chi connectivity index (χ2v) is 4.40.